The van der Waals surface area contributed by atoms with Gasteiger partial charge in [0, 0.05) is 25.3 Å². The van der Waals surface area contributed by atoms with Crippen LogP contribution < -0.4 is 11.1 Å². The molecule has 13 heavy (non-hydrogen) atoms. The van der Waals surface area contributed by atoms with E-state index in [0.717, 1.165) is 12.3 Å². The van der Waals surface area contributed by atoms with Crippen LogP contribution in [-0.4, -0.2) is 35.3 Å². The van der Waals surface area contributed by atoms with Crippen molar-refractivity contribution in [1.29, 1.82) is 0 Å². The minimum atomic E-state index is 0.484. The lowest BCUT2D eigenvalue weighted by molar-refractivity contribution is 0.507. The normalized spacial score (nSPS) is 10.3. The van der Waals surface area contributed by atoms with Crippen molar-refractivity contribution in [3.63, 3.8) is 0 Å². The molecule has 5 nitrogen and oxygen atoms in total. The molecule has 0 radical (unpaired) electrons. The summed E-state index contributed by atoms with van der Waals surface area (Å²) in [6.07, 6.45) is 2.69. The molecular formula is C7H14N4OS. The molecule has 1 aromatic rings. The molecule has 6 heteroatoms. The van der Waals surface area contributed by atoms with E-state index >= 15 is 0 Å². The maximum atomic E-state index is 5.34. The first-order chi connectivity index (χ1) is 6.36. The van der Waals surface area contributed by atoms with Gasteiger partial charge in [-0.1, -0.05) is 5.10 Å². The zero-order chi connectivity index (χ0) is 9.52. The maximum absolute atomic E-state index is 5.34. The summed E-state index contributed by atoms with van der Waals surface area (Å²) in [7, 11) is 0. The summed E-state index contributed by atoms with van der Waals surface area (Å²) in [5.41, 5.74) is 5.34. The fraction of sp³-hybridized carbons (Fsp3) is 0.714. The fourth-order valence-corrected chi connectivity index (χ4v) is 1.12. The third-order valence-electron chi connectivity index (χ3n) is 1.41. The smallest absolute Gasteiger partial charge is 0.315 e. The predicted molar refractivity (Wildman–Crippen MR) is 53.9 cm³/mol. The van der Waals surface area contributed by atoms with Crippen LogP contribution in [-0.2, 0) is 6.42 Å². The standard InChI is InChI=1S/C7H14N4OS/c1-13-5-4-9-7-11-10-6(12-7)2-3-8/h2-5,8H2,1H3,(H,9,11). The Bertz CT molecular complexity index is 240. The molecule has 0 bridgehead atoms. The molecule has 0 aromatic carbocycles. The van der Waals surface area contributed by atoms with Gasteiger partial charge in [-0.25, -0.2) is 0 Å². The molecule has 0 amide bonds. The van der Waals surface area contributed by atoms with Crippen molar-refractivity contribution < 1.29 is 4.42 Å². The van der Waals surface area contributed by atoms with Gasteiger partial charge < -0.3 is 15.5 Å². The molecule has 3 N–H and O–H groups in total. The molecule has 0 saturated carbocycles. The number of nitrogens with zero attached hydrogens (tertiary/aromatic N) is 2. The molecular weight excluding hydrogens is 188 g/mol. The van der Waals surface area contributed by atoms with Crippen LogP contribution in [0.15, 0.2) is 4.42 Å². The number of hydrogen-bond acceptors (Lipinski definition) is 6. The van der Waals surface area contributed by atoms with Crippen LogP contribution in [0.5, 0.6) is 0 Å². The van der Waals surface area contributed by atoms with E-state index in [4.69, 9.17) is 10.2 Å². The first-order valence-electron chi connectivity index (χ1n) is 4.12. The Balaban J connectivity index is 2.31. The van der Waals surface area contributed by atoms with Gasteiger partial charge in [-0.3, -0.25) is 0 Å². The number of aromatic nitrogens is 2. The van der Waals surface area contributed by atoms with Gasteiger partial charge in [0.05, 0.1) is 0 Å². The van der Waals surface area contributed by atoms with Gasteiger partial charge in [-0.2, -0.15) is 11.8 Å². The molecule has 0 aliphatic rings. The number of nitrogens with one attached hydrogen (secondary N) is 1. The van der Waals surface area contributed by atoms with Crippen LogP contribution in [0.2, 0.25) is 0 Å². The minimum absolute atomic E-state index is 0.484. The van der Waals surface area contributed by atoms with E-state index < -0.39 is 0 Å². The summed E-state index contributed by atoms with van der Waals surface area (Å²) < 4.78 is 5.25. The Morgan fingerprint density at radius 2 is 2.38 bits per heavy atom. The Kier molecular flexibility index (Phi) is 4.63. The van der Waals surface area contributed by atoms with Crippen molar-refractivity contribution in [3.05, 3.63) is 5.89 Å². The summed E-state index contributed by atoms with van der Waals surface area (Å²) >= 11 is 1.77. The van der Waals surface area contributed by atoms with E-state index in [0.29, 0.717) is 24.9 Å². The fourth-order valence-electron chi connectivity index (χ4n) is 0.810. The van der Waals surface area contributed by atoms with Crippen molar-refractivity contribution >= 4 is 17.8 Å². The third kappa shape index (κ3) is 3.65. The van der Waals surface area contributed by atoms with E-state index in [9.17, 15) is 0 Å². The van der Waals surface area contributed by atoms with Gasteiger partial charge in [0.2, 0.25) is 5.89 Å². The first kappa shape index (κ1) is 10.3. The summed E-state index contributed by atoms with van der Waals surface area (Å²) in [5.74, 6) is 1.61. The van der Waals surface area contributed by atoms with E-state index in [2.05, 4.69) is 21.8 Å². The van der Waals surface area contributed by atoms with Crippen molar-refractivity contribution in [3.8, 4) is 0 Å². The lowest BCUT2D eigenvalue weighted by Crippen LogP contribution is -2.03. The number of rotatable bonds is 6. The van der Waals surface area contributed by atoms with Crippen LogP contribution in [0.25, 0.3) is 0 Å². The number of thioether (sulfide) groups is 1. The van der Waals surface area contributed by atoms with Crippen LogP contribution >= 0.6 is 11.8 Å². The second kappa shape index (κ2) is 5.82. The van der Waals surface area contributed by atoms with E-state index in [-0.39, 0.29) is 0 Å². The highest BCUT2D eigenvalue weighted by Gasteiger charge is 2.02. The van der Waals surface area contributed by atoms with Crippen molar-refractivity contribution in [1.82, 2.24) is 10.2 Å². The summed E-state index contributed by atoms with van der Waals surface area (Å²) in [6.45, 7) is 1.37. The molecule has 1 heterocycles. The summed E-state index contributed by atoms with van der Waals surface area (Å²) in [5, 5.41) is 10.7. The molecule has 0 unspecified atom stereocenters. The molecule has 74 valence electrons. The zero-order valence-electron chi connectivity index (χ0n) is 7.62. The van der Waals surface area contributed by atoms with Crippen LogP contribution in [0, 0.1) is 0 Å². The van der Waals surface area contributed by atoms with Crippen molar-refractivity contribution in [2.24, 2.45) is 5.73 Å². The Labute approximate surface area is 81.5 Å². The van der Waals surface area contributed by atoms with Gasteiger partial charge in [0.15, 0.2) is 0 Å². The largest absolute Gasteiger partial charge is 0.408 e. The molecule has 0 aliphatic heterocycles. The second-order valence-electron chi connectivity index (χ2n) is 2.46. The Morgan fingerprint density at radius 3 is 3.08 bits per heavy atom. The average Bonchev–Trinajstić information content (AvgIpc) is 2.54. The van der Waals surface area contributed by atoms with Gasteiger partial charge in [0.25, 0.3) is 0 Å². The van der Waals surface area contributed by atoms with Gasteiger partial charge >= 0.3 is 6.01 Å². The quantitative estimate of drug-likeness (QED) is 0.648. The zero-order valence-corrected chi connectivity index (χ0v) is 8.43. The van der Waals surface area contributed by atoms with E-state index in [1.54, 1.807) is 11.8 Å². The molecule has 0 aliphatic carbocycles. The van der Waals surface area contributed by atoms with Gasteiger partial charge in [-0.15, -0.1) is 5.10 Å². The maximum Gasteiger partial charge on any atom is 0.315 e. The average molecular weight is 202 g/mol. The highest BCUT2D eigenvalue weighted by molar-refractivity contribution is 7.98. The summed E-state index contributed by atoms with van der Waals surface area (Å²) in [6, 6.07) is 0.484. The topological polar surface area (TPSA) is 77.0 Å². The molecule has 1 rings (SSSR count). The highest BCUT2D eigenvalue weighted by Crippen LogP contribution is 2.05. The lowest BCUT2D eigenvalue weighted by Gasteiger charge is -1.96. The number of anilines is 1. The van der Waals surface area contributed by atoms with Crippen LogP contribution in [0.1, 0.15) is 5.89 Å². The number of hydrogen-bond donors (Lipinski definition) is 2. The second-order valence-corrected chi connectivity index (χ2v) is 3.44. The van der Waals surface area contributed by atoms with Gasteiger partial charge in [0.1, 0.15) is 0 Å². The highest BCUT2D eigenvalue weighted by atomic mass is 32.2. The Morgan fingerprint density at radius 1 is 1.54 bits per heavy atom. The molecule has 1 aromatic heterocycles. The third-order valence-corrected chi connectivity index (χ3v) is 2.02. The van der Waals surface area contributed by atoms with E-state index in [1.165, 1.54) is 0 Å². The van der Waals surface area contributed by atoms with Crippen LogP contribution in [0.3, 0.4) is 0 Å². The minimum Gasteiger partial charge on any atom is -0.408 e. The molecule has 0 spiro atoms. The van der Waals surface area contributed by atoms with Gasteiger partial charge in [-0.05, 0) is 6.26 Å². The van der Waals surface area contributed by atoms with Crippen LogP contribution in [0.4, 0.5) is 6.01 Å². The molecule has 0 fully saturated rings. The first-order valence-corrected chi connectivity index (χ1v) is 5.51. The van der Waals surface area contributed by atoms with Crippen molar-refractivity contribution in [2.75, 3.05) is 30.4 Å². The number of nitrogens with two attached hydrogens (primary N) is 1. The predicted octanol–water partition coefficient (Wildman–Crippen LogP) is 0.346. The molecule has 0 atom stereocenters. The molecule has 0 saturated heterocycles. The van der Waals surface area contributed by atoms with E-state index in [1.807, 2.05) is 0 Å². The lowest BCUT2D eigenvalue weighted by atomic mass is 10.4. The Hall–Kier alpha value is -0.750. The SMILES string of the molecule is CSCCNc1nnc(CCN)o1. The monoisotopic (exact) mass is 202 g/mol. The van der Waals surface area contributed by atoms with Crippen molar-refractivity contribution in [2.45, 2.75) is 6.42 Å². The summed E-state index contributed by atoms with van der Waals surface area (Å²) in [4.78, 5) is 0.